The van der Waals surface area contributed by atoms with Crippen LogP contribution in [0.3, 0.4) is 0 Å². The number of aliphatic carboxylic acids is 1. The molecular weight excluding hydrogens is 512 g/mol. The molecule has 0 atom stereocenters. The number of nitrogens with zero attached hydrogens (tertiary/aromatic N) is 1. The van der Waals surface area contributed by atoms with E-state index in [2.05, 4.69) is 42.4 Å². The number of amides is 1. The van der Waals surface area contributed by atoms with Crippen LogP contribution in [0.25, 0.3) is 0 Å². The summed E-state index contributed by atoms with van der Waals surface area (Å²) in [6.45, 7) is 1.74. The van der Waals surface area contributed by atoms with Crippen LogP contribution < -0.4 is 19.6 Å². The van der Waals surface area contributed by atoms with Gasteiger partial charge in [-0.15, -0.1) is 0 Å². The Morgan fingerprint density at radius 3 is 2.59 bits per heavy atom. The van der Waals surface area contributed by atoms with E-state index in [9.17, 15) is 9.59 Å². The predicted octanol–water partition coefficient (Wildman–Crippen LogP) is 3.85. The van der Waals surface area contributed by atoms with Crippen molar-refractivity contribution in [1.29, 1.82) is 0 Å². The summed E-state index contributed by atoms with van der Waals surface area (Å²) in [5, 5.41) is 12.8. The van der Waals surface area contributed by atoms with Crippen molar-refractivity contribution in [1.82, 2.24) is 5.43 Å². The lowest BCUT2D eigenvalue weighted by Crippen LogP contribution is -2.18. The first kappa shape index (κ1) is 22.7. The van der Waals surface area contributed by atoms with Gasteiger partial charge in [-0.1, -0.05) is 15.9 Å². The maximum absolute atomic E-state index is 12.4. The minimum absolute atomic E-state index is 0.289. The monoisotopic (exact) mass is 528 g/mol. The first-order valence-electron chi connectivity index (χ1n) is 8.33. The number of rotatable bonds is 9. The zero-order valence-corrected chi connectivity index (χ0v) is 18.7. The van der Waals surface area contributed by atoms with Gasteiger partial charge < -0.3 is 19.3 Å². The fourth-order valence-corrected chi connectivity index (χ4v) is 3.65. The van der Waals surface area contributed by atoms with Gasteiger partial charge in [-0.3, -0.25) is 4.79 Å². The zero-order chi connectivity index (χ0) is 21.4. The van der Waals surface area contributed by atoms with Crippen LogP contribution in [0.5, 0.6) is 17.2 Å². The van der Waals surface area contributed by atoms with Crippen molar-refractivity contribution in [2.45, 2.75) is 6.92 Å². The molecule has 0 radical (unpaired) electrons. The molecule has 2 aromatic rings. The van der Waals surface area contributed by atoms with Crippen molar-refractivity contribution in [3.8, 4) is 17.2 Å². The van der Waals surface area contributed by atoms with E-state index in [0.29, 0.717) is 33.7 Å². The molecule has 1 amide bonds. The minimum atomic E-state index is -1.11. The van der Waals surface area contributed by atoms with Crippen molar-refractivity contribution >= 4 is 50.0 Å². The highest BCUT2D eigenvalue weighted by atomic mass is 79.9. The summed E-state index contributed by atoms with van der Waals surface area (Å²) in [6.07, 6.45) is 1.36. The molecule has 2 aromatic carbocycles. The predicted molar refractivity (Wildman–Crippen MR) is 114 cm³/mol. The van der Waals surface area contributed by atoms with E-state index in [4.69, 9.17) is 19.3 Å². The third kappa shape index (κ3) is 6.47. The van der Waals surface area contributed by atoms with Gasteiger partial charge in [0.1, 0.15) is 5.75 Å². The van der Waals surface area contributed by atoms with Crippen LogP contribution >= 0.6 is 31.9 Å². The molecule has 29 heavy (non-hydrogen) atoms. The van der Waals surface area contributed by atoms with Gasteiger partial charge >= 0.3 is 5.97 Å². The van der Waals surface area contributed by atoms with Gasteiger partial charge in [-0.2, -0.15) is 5.10 Å². The maximum Gasteiger partial charge on any atom is 0.341 e. The second-order valence-electron chi connectivity index (χ2n) is 5.49. The van der Waals surface area contributed by atoms with Crippen molar-refractivity contribution in [3.05, 3.63) is 50.4 Å². The second kappa shape index (κ2) is 10.8. The van der Waals surface area contributed by atoms with Crippen LogP contribution in [0.4, 0.5) is 0 Å². The molecule has 0 aliphatic rings. The first-order valence-corrected chi connectivity index (χ1v) is 9.92. The van der Waals surface area contributed by atoms with E-state index >= 15 is 0 Å². The number of carbonyl (C=O) groups is 2. The van der Waals surface area contributed by atoms with E-state index in [-0.39, 0.29) is 5.75 Å². The number of carboxylic acids is 1. The summed E-state index contributed by atoms with van der Waals surface area (Å²) >= 11 is 6.66. The van der Waals surface area contributed by atoms with Crippen molar-refractivity contribution in [2.24, 2.45) is 5.10 Å². The molecule has 0 aliphatic carbocycles. The summed E-state index contributed by atoms with van der Waals surface area (Å²) in [4.78, 5) is 23.2. The Balaban J connectivity index is 2.18. The Bertz CT molecular complexity index is 933. The number of halogens is 2. The first-order chi connectivity index (χ1) is 13.8. The third-order valence-corrected chi connectivity index (χ3v) is 4.52. The standard InChI is InChI=1S/C19H18Br2N2O6/c1-3-28-16-7-11(4-5-15(16)27-2)19(26)23-22-9-12-6-13(20)8-14(21)18(12)29-10-17(24)25/h4-9H,3,10H2,1-2H3,(H,23,26)(H,24,25)/b22-9+. The number of hydrogen-bond donors (Lipinski definition) is 2. The highest BCUT2D eigenvalue weighted by molar-refractivity contribution is 9.11. The SMILES string of the molecule is CCOc1cc(C(=O)N/N=C/c2cc(Br)cc(Br)c2OCC(=O)O)ccc1OC. The highest BCUT2D eigenvalue weighted by Gasteiger charge is 2.12. The molecular formula is C19H18Br2N2O6. The van der Waals surface area contributed by atoms with Crippen LogP contribution in [0, 0.1) is 0 Å². The number of nitrogens with one attached hydrogen (secondary N) is 1. The topological polar surface area (TPSA) is 106 Å². The molecule has 0 saturated heterocycles. The summed E-state index contributed by atoms with van der Waals surface area (Å²) in [5.74, 6) is -0.303. The smallest absolute Gasteiger partial charge is 0.341 e. The van der Waals surface area contributed by atoms with Crippen LogP contribution in [0.2, 0.25) is 0 Å². The van der Waals surface area contributed by atoms with Crippen molar-refractivity contribution in [2.75, 3.05) is 20.3 Å². The second-order valence-corrected chi connectivity index (χ2v) is 7.26. The van der Waals surface area contributed by atoms with Gasteiger partial charge in [-0.05, 0) is 53.2 Å². The number of ether oxygens (including phenoxy) is 3. The molecule has 2 rings (SSSR count). The molecule has 0 saturated carbocycles. The lowest BCUT2D eigenvalue weighted by atomic mass is 10.2. The Kier molecular flexibility index (Phi) is 8.47. The van der Waals surface area contributed by atoms with E-state index < -0.39 is 18.5 Å². The summed E-state index contributed by atoms with van der Waals surface area (Å²) < 4.78 is 17.2. The van der Waals surface area contributed by atoms with Crippen LogP contribution in [-0.4, -0.2) is 43.5 Å². The van der Waals surface area contributed by atoms with Gasteiger partial charge in [0.25, 0.3) is 5.91 Å². The number of hydrogen-bond acceptors (Lipinski definition) is 6. The fourth-order valence-electron chi connectivity index (χ4n) is 2.27. The molecule has 154 valence electrons. The van der Waals surface area contributed by atoms with Crippen LogP contribution in [0.1, 0.15) is 22.8 Å². The summed E-state index contributed by atoms with van der Waals surface area (Å²) in [6, 6.07) is 8.17. The number of carboxylic acid groups (broad SMARTS) is 1. The molecule has 0 heterocycles. The molecule has 0 aliphatic heterocycles. The van der Waals surface area contributed by atoms with Crippen LogP contribution in [0.15, 0.2) is 44.4 Å². The Morgan fingerprint density at radius 1 is 1.17 bits per heavy atom. The van der Waals surface area contributed by atoms with Gasteiger partial charge in [-0.25, -0.2) is 10.2 Å². The molecule has 0 aromatic heterocycles. The molecule has 0 spiro atoms. The minimum Gasteiger partial charge on any atom is -0.493 e. The van der Waals surface area contributed by atoms with Gasteiger partial charge in [0, 0.05) is 15.6 Å². The van der Waals surface area contributed by atoms with Crippen molar-refractivity contribution < 1.29 is 28.9 Å². The van der Waals surface area contributed by atoms with Gasteiger partial charge in [0.2, 0.25) is 0 Å². The summed E-state index contributed by atoms with van der Waals surface area (Å²) in [7, 11) is 1.52. The normalized spacial score (nSPS) is 10.6. The average Bonchev–Trinajstić information content (AvgIpc) is 2.67. The molecule has 0 bridgehead atoms. The fraction of sp³-hybridized carbons (Fsp3) is 0.211. The molecule has 0 fully saturated rings. The highest BCUT2D eigenvalue weighted by Crippen LogP contribution is 2.32. The molecule has 2 N–H and O–H groups in total. The quantitative estimate of drug-likeness (QED) is 0.377. The average molecular weight is 530 g/mol. The van der Waals surface area contributed by atoms with E-state index in [0.717, 1.165) is 4.47 Å². The molecule has 8 nitrogen and oxygen atoms in total. The largest absolute Gasteiger partial charge is 0.493 e. The molecule has 0 unspecified atom stereocenters. The van der Waals surface area contributed by atoms with E-state index in [1.807, 2.05) is 6.92 Å². The van der Waals surface area contributed by atoms with E-state index in [1.165, 1.54) is 13.3 Å². The number of benzene rings is 2. The Hall–Kier alpha value is -2.59. The third-order valence-electron chi connectivity index (χ3n) is 3.47. The Morgan fingerprint density at radius 2 is 1.93 bits per heavy atom. The van der Waals surface area contributed by atoms with E-state index in [1.54, 1.807) is 30.3 Å². The van der Waals surface area contributed by atoms with Gasteiger partial charge in [0.15, 0.2) is 18.1 Å². The number of carbonyl (C=O) groups excluding carboxylic acids is 1. The number of hydrazone groups is 1. The summed E-state index contributed by atoms with van der Waals surface area (Å²) in [5.41, 5.74) is 3.22. The lowest BCUT2D eigenvalue weighted by molar-refractivity contribution is -0.139. The Labute approximate surface area is 184 Å². The lowest BCUT2D eigenvalue weighted by Gasteiger charge is -2.11. The number of methoxy groups -OCH3 is 1. The van der Waals surface area contributed by atoms with Gasteiger partial charge in [0.05, 0.1) is 24.4 Å². The van der Waals surface area contributed by atoms with Crippen LogP contribution in [-0.2, 0) is 4.79 Å². The zero-order valence-electron chi connectivity index (χ0n) is 15.6. The van der Waals surface area contributed by atoms with Crippen molar-refractivity contribution in [3.63, 3.8) is 0 Å². The maximum atomic E-state index is 12.4. The molecule has 10 heteroatoms.